The highest BCUT2D eigenvalue weighted by molar-refractivity contribution is 6.30. The lowest BCUT2D eigenvalue weighted by atomic mass is 10.1. The van der Waals surface area contributed by atoms with Crippen LogP contribution >= 0.6 is 11.6 Å². The Kier molecular flexibility index (Phi) is 5.67. The average molecular weight is 313 g/mol. The van der Waals surface area contributed by atoms with E-state index < -0.39 is 0 Å². The van der Waals surface area contributed by atoms with E-state index in [-0.39, 0.29) is 24.0 Å². The second-order valence-corrected chi connectivity index (χ2v) is 4.30. The number of rotatable bonds is 3. The number of nitrogen functional groups attached to an aromatic ring is 1. The molecule has 0 aliphatic rings. The molecule has 0 aliphatic carbocycles. The maximum Gasteiger partial charge on any atom is 0.277 e. The van der Waals surface area contributed by atoms with Gasteiger partial charge in [0.15, 0.2) is 5.78 Å². The van der Waals surface area contributed by atoms with Gasteiger partial charge in [0, 0.05) is 17.7 Å². The Bertz CT molecular complexity index is 642. The first kappa shape index (κ1) is 16.1. The smallest absolute Gasteiger partial charge is 0.277 e. The van der Waals surface area contributed by atoms with Crippen molar-refractivity contribution in [3.05, 3.63) is 65.1 Å². The van der Waals surface area contributed by atoms with Gasteiger partial charge in [0.1, 0.15) is 12.0 Å². The summed E-state index contributed by atoms with van der Waals surface area (Å²) in [7, 11) is 0. The molecule has 1 heterocycles. The molecule has 0 saturated carbocycles. The number of benzene rings is 1. The van der Waals surface area contributed by atoms with Crippen LogP contribution < -0.4 is 22.7 Å². The van der Waals surface area contributed by atoms with Crippen molar-refractivity contribution in [1.82, 2.24) is 0 Å². The summed E-state index contributed by atoms with van der Waals surface area (Å²) in [6.07, 6.45) is 4.44. The Morgan fingerprint density at radius 3 is 2.50 bits per heavy atom. The highest BCUT2D eigenvalue weighted by atomic mass is 35.5. The first-order valence-electron chi connectivity index (χ1n) is 5.50. The van der Waals surface area contributed by atoms with Crippen LogP contribution in [0, 0.1) is 5.82 Å². The first-order valence-corrected chi connectivity index (χ1v) is 5.88. The van der Waals surface area contributed by atoms with Crippen LogP contribution in [0.15, 0.2) is 48.7 Å². The number of carbonyl (C=O) groups is 1. The van der Waals surface area contributed by atoms with Crippen molar-refractivity contribution in [2.75, 3.05) is 5.73 Å². The molecule has 6 heteroatoms. The lowest BCUT2D eigenvalue weighted by Crippen LogP contribution is -3.00. The number of hydrogen-bond acceptors (Lipinski definition) is 2. The molecule has 2 aromatic rings. The van der Waals surface area contributed by atoms with Gasteiger partial charge >= 0.3 is 0 Å². The lowest BCUT2D eigenvalue weighted by Gasteiger charge is -1.97. The third-order valence-corrected chi connectivity index (χ3v) is 2.71. The van der Waals surface area contributed by atoms with E-state index >= 15 is 0 Å². The number of hydrogen-bond donors (Lipinski definition) is 1. The number of nitrogens with two attached hydrogens (primary N) is 1. The zero-order valence-electron chi connectivity index (χ0n) is 10.3. The van der Waals surface area contributed by atoms with Crippen LogP contribution in [0.25, 0.3) is 6.20 Å². The van der Waals surface area contributed by atoms with Crippen LogP contribution in [-0.2, 0) is 0 Å². The van der Waals surface area contributed by atoms with Gasteiger partial charge in [0.25, 0.3) is 5.82 Å². The molecular formula is C14H11Cl2FN2O. The van der Waals surface area contributed by atoms with E-state index in [1.54, 1.807) is 18.3 Å². The second-order valence-electron chi connectivity index (χ2n) is 3.87. The van der Waals surface area contributed by atoms with Gasteiger partial charge in [0.2, 0.25) is 0 Å². The van der Waals surface area contributed by atoms with Crippen molar-refractivity contribution >= 4 is 29.4 Å². The van der Waals surface area contributed by atoms with E-state index in [4.69, 9.17) is 17.3 Å². The van der Waals surface area contributed by atoms with Gasteiger partial charge in [0.05, 0.1) is 11.2 Å². The number of pyridine rings is 1. The van der Waals surface area contributed by atoms with Crippen LogP contribution in [-0.4, -0.2) is 5.78 Å². The molecule has 0 atom stereocenters. The second kappa shape index (κ2) is 7.03. The summed E-state index contributed by atoms with van der Waals surface area (Å²) in [6.45, 7) is 0. The standard InChI is InChI=1S/C14H10ClFN2O.ClH/c15-11-3-6-14(17)18(9-11)8-7-13(19)10-1-4-12(16)5-2-10;/h1-9,17H;1H/b8-7+;. The summed E-state index contributed by atoms with van der Waals surface area (Å²) in [5.41, 5.74) is 6.13. The molecule has 1 aromatic carbocycles. The number of carbonyl (C=O) groups excluding carboxylic acids is 1. The van der Waals surface area contributed by atoms with Crippen molar-refractivity contribution in [3.63, 3.8) is 0 Å². The predicted molar refractivity (Wildman–Crippen MR) is 72.1 cm³/mol. The maximum absolute atomic E-state index is 12.7. The van der Waals surface area contributed by atoms with Gasteiger partial charge in [-0.2, -0.15) is 0 Å². The Hall–Kier alpha value is -1.91. The summed E-state index contributed by atoms with van der Waals surface area (Å²) in [6, 6.07) is 8.62. The quantitative estimate of drug-likeness (QED) is 0.481. The van der Waals surface area contributed by atoms with Crippen molar-refractivity contribution in [3.8, 4) is 0 Å². The number of halogens is 3. The molecule has 0 fully saturated rings. The van der Waals surface area contributed by atoms with E-state index in [1.807, 2.05) is 0 Å². The fraction of sp³-hybridized carbons (Fsp3) is 0. The molecule has 0 bridgehead atoms. The molecule has 0 radical (unpaired) electrons. The summed E-state index contributed by atoms with van der Waals surface area (Å²) in [5.74, 6) is -0.173. The molecule has 1 aromatic heterocycles. The highest BCUT2D eigenvalue weighted by Crippen LogP contribution is 2.07. The topological polar surface area (TPSA) is 47.0 Å². The van der Waals surface area contributed by atoms with Crippen LogP contribution in [0.1, 0.15) is 10.4 Å². The SMILES string of the molecule is Nc1ccc(Cl)c[n+]1/C=C/C(=O)c1ccc(F)cc1.[Cl-]. The van der Waals surface area contributed by atoms with Gasteiger partial charge in [-0.15, -0.1) is 0 Å². The predicted octanol–water partition coefficient (Wildman–Crippen LogP) is -0.294. The molecule has 104 valence electrons. The van der Waals surface area contributed by atoms with E-state index in [1.165, 1.54) is 41.1 Å². The van der Waals surface area contributed by atoms with E-state index in [2.05, 4.69) is 0 Å². The molecule has 0 unspecified atom stereocenters. The zero-order chi connectivity index (χ0) is 13.8. The molecule has 0 aliphatic heterocycles. The van der Waals surface area contributed by atoms with Crippen molar-refractivity contribution < 1.29 is 26.2 Å². The third-order valence-electron chi connectivity index (χ3n) is 2.49. The van der Waals surface area contributed by atoms with Crippen molar-refractivity contribution in [1.29, 1.82) is 0 Å². The molecule has 2 N–H and O–H groups in total. The van der Waals surface area contributed by atoms with Crippen molar-refractivity contribution in [2.24, 2.45) is 0 Å². The van der Waals surface area contributed by atoms with Gasteiger partial charge in [-0.05, 0) is 30.3 Å². The summed E-state index contributed by atoms with van der Waals surface area (Å²) in [5, 5.41) is 0.507. The minimum atomic E-state index is -0.381. The molecule has 20 heavy (non-hydrogen) atoms. The first-order chi connectivity index (χ1) is 9.06. The number of anilines is 1. The van der Waals surface area contributed by atoms with Gasteiger partial charge in [-0.3, -0.25) is 10.5 Å². The number of allylic oxidation sites excluding steroid dienone is 1. The Balaban J connectivity index is 0.00000200. The Labute approximate surface area is 126 Å². The monoisotopic (exact) mass is 312 g/mol. The van der Waals surface area contributed by atoms with Gasteiger partial charge < -0.3 is 12.4 Å². The number of aromatic nitrogens is 1. The summed E-state index contributed by atoms with van der Waals surface area (Å²) < 4.78 is 14.3. The fourth-order valence-corrected chi connectivity index (χ4v) is 1.66. The Morgan fingerprint density at radius 1 is 1.20 bits per heavy atom. The van der Waals surface area contributed by atoms with E-state index in [0.29, 0.717) is 16.4 Å². The largest absolute Gasteiger partial charge is 1.00 e. The van der Waals surface area contributed by atoms with Crippen LogP contribution in [0.5, 0.6) is 0 Å². The maximum atomic E-state index is 12.7. The normalized spacial score (nSPS) is 10.3. The average Bonchev–Trinajstić information content (AvgIpc) is 2.40. The van der Waals surface area contributed by atoms with Crippen LogP contribution in [0.3, 0.4) is 0 Å². The highest BCUT2D eigenvalue weighted by Gasteiger charge is 2.05. The molecule has 0 spiro atoms. The molecular weight excluding hydrogens is 302 g/mol. The molecule has 0 saturated heterocycles. The van der Waals surface area contributed by atoms with Crippen LogP contribution in [0.4, 0.5) is 10.2 Å². The summed E-state index contributed by atoms with van der Waals surface area (Å²) >= 11 is 5.83. The van der Waals surface area contributed by atoms with Gasteiger partial charge in [-0.25, -0.2) is 8.96 Å². The molecule has 2 rings (SSSR count). The zero-order valence-corrected chi connectivity index (χ0v) is 11.8. The molecule has 3 nitrogen and oxygen atoms in total. The molecule has 0 amide bonds. The number of ketones is 1. The van der Waals surface area contributed by atoms with E-state index in [9.17, 15) is 9.18 Å². The van der Waals surface area contributed by atoms with E-state index in [0.717, 1.165) is 0 Å². The minimum Gasteiger partial charge on any atom is -1.00 e. The Morgan fingerprint density at radius 2 is 1.85 bits per heavy atom. The van der Waals surface area contributed by atoms with Crippen molar-refractivity contribution in [2.45, 2.75) is 0 Å². The third kappa shape index (κ3) is 4.05. The lowest BCUT2D eigenvalue weighted by molar-refractivity contribution is -0.552. The number of nitrogens with zero attached hydrogens (tertiary/aromatic N) is 1. The fourth-order valence-electron chi connectivity index (χ4n) is 1.49. The summed E-state index contributed by atoms with van der Waals surface area (Å²) in [4.78, 5) is 11.8. The van der Waals surface area contributed by atoms with Crippen LogP contribution in [0.2, 0.25) is 5.02 Å². The van der Waals surface area contributed by atoms with Gasteiger partial charge in [-0.1, -0.05) is 11.6 Å². The minimum absolute atomic E-state index is 0.